The van der Waals surface area contributed by atoms with Crippen molar-refractivity contribution in [2.45, 2.75) is 13.0 Å². The van der Waals surface area contributed by atoms with Gasteiger partial charge in [-0.3, -0.25) is 4.79 Å². The van der Waals surface area contributed by atoms with Gasteiger partial charge in [0.25, 0.3) is 5.91 Å². The minimum Gasteiger partial charge on any atom is -0.492 e. The number of hydrogen-bond acceptors (Lipinski definition) is 4. The normalized spacial score (nSPS) is 18.4. The second kappa shape index (κ2) is 4.40. The SMILES string of the molecule is CC1Oc2ccc(OCCN)cc2NC1=O. The van der Waals surface area contributed by atoms with Crippen molar-refractivity contribution in [1.82, 2.24) is 0 Å². The third kappa shape index (κ3) is 2.09. The highest BCUT2D eigenvalue weighted by Crippen LogP contribution is 2.32. The van der Waals surface area contributed by atoms with E-state index in [-0.39, 0.29) is 5.91 Å². The second-order valence-electron chi connectivity index (χ2n) is 3.54. The number of anilines is 1. The van der Waals surface area contributed by atoms with Gasteiger partial charge in [0.1, 0.15) is 18.1 Å². The fourth-order valence-electron chi connectivity index (χ4n) is 1.45. The number of benzene rings is 1. The van der Waals surface area contributed by atoms with E-state index in [4.69, 9.17) is 15.2 Å². The Morgan fingerprint density at radius 1 is 1.56 bits per heavy atom. The van der Waals surface area contributed by atoms with E-state index < -0.39 is 6.10 Å². The summed E-state index contributed by atoms with van der Waals surface area (Å²) in [7, 11) is 0. The summed E-state index contributed by atoms with van der Waals surface area (Å²) in [5.41, 5.74) is 5.97. The zero-order valence-corrected chi connectivity index (χ0v) is 9.03. The molecule has 0 bridgehead atoms. The molecule has 0 aromatic heterocycles. The molecule has 0 saturated carbocycles. The molecule has 2 rings (SSSR count). The van der Waals surface area contributed by atoms with Crippen molar-refractivity contribution < 1.29 is 14.3 Å². The smallest absolute Gasteiger partial charge is 0.265 e. The maximum Gasteiger partial charge on any atom is 0.265 e. The molecule has 1 aromatic carbocycles. The van der Waals surface area contributed by atoms with Gasteiger partial charge in [-0.1, -0.05) is 0 Å². The highest BCUT2D eigenvalue weighted by Gasteiger charge is 2.23. The number of nitrogens with one attached hydrogen (secondary N) is 1. The van der Waals surface area contributed by atoms with Gasteiger partial charge < -0.3 is 20.5 Å². The lowest BCUT2D eigenvalue weighted by molar-refractivity contribution is -0.122. The molecule has 5 heteroatoms. The van der Waals surface area contributed by atoms with Crippen molar-refractivity contribution in [2.75, 3.05) is 18.5 Å². The molecular weight excluding hydrogens is 208 g/mol. The molecule has 0 spiro atoms. The van der Waals surface area contributed by atoms with Gasteiger partial charge in [0, 0.05) is 12.6 Å². The maximum absolute atomic E-state index is 11.4. The van der Waals surface area contributed by atoms with E-state index in [1.807, 2.05) is 0 Å². The quantitative estimate of drug-likeness (QED) is 0.791. The van der Waals surface area contributed by atoms with Gasteiger partial charge >= 0.3 is 0 Å². The van der Waals surface area contributed by atoms with E-state index in [0.717, 1.165) is 0 Å². The lowest BCUT2D eigenvalue weighted by atomic mass is 10.2. The number of fused-ring (bicyclic) bond motifs is 1. The summed E-state index contributed by atoms with van der Waals surface area (Å²) < 4.78 is 10.8. The number of carbonyl (C=O) groups excluding carboxylic acids is 1. The van der Waals surface area contributed by atoms with Crippen molar-refractivity contribution in [3.63, 3.8) is 0 Å². The molecule has 1 aromatic rings. The fraction of sp³-hybridized carbons (Fsp3) is 0.364. The van der Waals surface area contributed by atoms with Crippen LogP contribution in [0.5, 0.6) is 11.5 Å². The molecule has 3 N–H and O–H groups in total. The Morgan fingerprint density at radius 3 is 3.12 bits per heavy atom. The molecule has 5 nitrogen and oxygen atoms in total. The van der Waals surface area contributed by atoms with Gasteiger partial charge in [-0.15, -0.1) is 0 Å². The van der Waals surface area contributed by atoms with E-state index in [1.54, 1.807) is 25.1 Å². The van der Waals surface area contributed by atoms with E-state index in [1.165, 1.54) is 0 Å². The first-order valence-corrected chi connectivity index (χ1v) is 5.15. The number of carbonyl (C=O) groups is 1. The van der Waals surface area contributed by atoms with Crippen molar-refractivity contribution in [1.29, 1.82) is 0 Å². The monoisotopic (exact) mass is 222 g/mol. The van der Waals surface area contributed by atoms with Crippen molar-refractivity contribution in [2.24, 2.45) is 5.73 Å². The van der Waals surface area contributed by atoms with Crippen LogP contribution in [0, 0.1) is 0 Å². The van der Waals surface area contributed by atoms with Gasteiger partial charge in [0.2, 0.25) is 0 Å². The number of rotatable bonds is 3. The van der Waals surface area contributed by atoms with Crippen LogP contribution in [0.15, 0.2) is 18.2 Å². The van der Waals surface area contributed by atoms with Crippen LogP contribution < -0.4 is 20.5 Å². The Hall–Kier alpha value is -1.75. The Labute approximate surface area is 93.5 Å². The molecule has 1 amide bonds. The molecule has 1 aliphatic heterocycles. The molecule has 0 saturated heterocycles. The maximum atomic E-state index is 11.4. The Kier molecular flexibility index (Phi) is 2.96. The minimum absolute atomic E-state index is 0.150. The molecule has 1 heterocycles. The highest BCUT2D eigenvalue weighted by atomic mass is 16.5. The van der Waals surface area contributed by atoms with Gasteiger partial charge in [-0.2, -0.15) is 0 Å². The molecule has 0 radical (unpaired) electrons. The average Bonchev–Trinajstić information content (AvgIpc) is 2.28. The largest absolute Gasteiger partial charge is 0.492 e. The summed E-state index contributed by atoms with van der Waals surface area (Å²) in [4.78, 5) is 11.4. The molecule has 16 heavy (non-hydrogen) atoms. The Balaban J connectivity index is 2.19. The van der Waals surface area contributed by atoms with Crippen LogP contribution >= 0.6 is 0 Å². The van der Waals surface area contributed by atoms with Gasteiger partial charge in [-0.25, -0.2) is 0 Å². The predicted octanol–water partition coefficient (Wildman–Crippen LogP) is 0.744. The van der Waals surface area contributed by atoms with Crippen molar-refractivity contribution >= 4 is 11.6 Å². The number of hydrogen-bond donors (Lipinski definition) is 2. The molecule has 1 unspecified atom stereocenters. The Morgan fingerprint density at radius 2 is 2.38 bits per heavy atom. The van der Waals surface area contributed by atoms with E-state index in [2.05, 4.69) is 5.32 Å². The first kappa shape index (κ1) is 10.8. The van der Waals surface area contributed by atoms with Crippen LogP contribution in [0.3, 0.4) is 0 Å². The number of amides is 1. The molecular formula is C11H14N2O3. The fourth-order valence-corrected chi connectivity index (χ4v) is 1.45. The lowest BCUT2D eigenvalue weighted by Gasteiger charge is -2.23. The van der Waals surface area contributed by atoms with Crippen LogP contribution in [0.4, 0.5) is 5.69 Å². The van der Waals surface area contributed by atoms with Crippen LogP contribution in [0.25, 0.3) is 0 Å². The van der Waals surface area contributed by atoms with Gasteiger partial charge in [0.05, 0.1) is 5.69 Å². The van der Waals surface area contributed by atoms with Crippen LogP contribution in [0.1, 0.15) is 6.92 Å². The van der Waals surface area contributed by atoms with Crippen LogP contribution in [0.2, 0.25) is 0 Å². The minimum atomic E-state index is -0.455. The molecule has 86 valence electrons. The third-order valence-corrected chi connectivity index (χ3v) is 2.27. The molecule has 0 aliphatic carbocycles. The summed E-state index contributed by atoms with van der Waals surface area (Å²) in [5, 5.41) is 2.75. The van der Waals surface area contributed by atoms with Gasteiger partial charge in [0.15, 0.2) is 6.10 Å². The summed E-state index contributed by atoms with van der Waals surface area (Å²) in [6.07, 6.45) is -0.455. The van der Waals surface area contributed by atoms with E-state index in [0.29, 0.717) is 30.3 Å². The van der Waals surface area contributed by atoms with Crippen molar-refractivity contribution in [3.05, 3.63) is 18.2 Å². The van der Waals surface area contributed by atoms with Crippen LogP contribution in [-0.4, -0.2) is 25.2 Å². The number of ether oxygens (including phenoxy) is 2. The van der Waals surface area contributed by atoms with Crippen molar-refractivity contribution in [3.8, 4) is 11.5 Å². The molecule has 0 fully saturated rings. The highest BCUT2D eigenvalue weighted by molar-refractivity contribution is 5.97. The summed E-state index contributed by atoms with van der Waals surface area (Å²) in [5.74, 6) is 1.18. The van der Waals surface area contributed by atoms with Crippen LogP contribution in [-0.2, 0) is 4.79 Å². The second-order valence-corrected chi connectivity index (χ2v) is 3.54. The third-order valence-electron chi connectivity index (χ3n) is 2.27. The summed E-state index contributed by atoms with van der Waals surface area (Å²) in [6.45, 7) is 2.61. The molecule has 1 atom stereocenters. The summed E-state index contributed by atoms with van der Waals surface area (Å²) >= 11 is 0. The predicted molar refractivity (Wildman–Crippen MR) is 59.7 cm³/mol. The summed E-state index contributed by atoms with van der Waals surface area (Å²) in [6, 6.07) is 5.30. The number of nitrogens with two attached hydrogens (primary N) is 1. The zero-order valence-electron chi connectivity index (χ0n) is 9.03. The van der Waals surface area contributed by atoms with E-state index >= 15 is 0 Å². The Bertz CT molecular complexity index is 406. The van der Waals surface area contributed by atoms with E-state index in [9.17, 15) is 4.79 Å². The first-order chi connectivity index (χ1) is 7.70. The average molecular weight is 222 g/mol. The zero-order chi connectivity index (χ0) is 11.5. The standard InChI is InChI=1S/C11H14N2O3/c1-7-11(14)13-9-6-8(15-5-4-12)2-3-10(9)16-7/h2-3,6-7H,4-5,12H2,1H3,(H,13,14). The molecule has 1 aliphatic rings. The topological polar surface area (TPSA) is 73.6 Å². The first-order valence-electron chi connectivity index (χ1n) is 5.15. The lowest BCUT2D eigenvalue weighted by Crippen LogP contribution is -2.34. The van der Waals surface area contributed by atoms with Gasteiger partial charge in [-0.05, 0) is 19.1 Å².